The van der Waals surface area contributed by atoms with Crippen LogP contribution in [0.5, 0.6) is 5.75 Å². The fourth-order valence-electron chi connectivity index (χ4n) is 2.75. The minimum Gasteiger partial charge on any atom is -0.492 e. The van der Waals surface area contributed by atoms with E-state index < -0.39 is 10.0 Å². The van der Waals surface area contributed by atoms with Gasteiger partial charge in [0.1, 0.15) is 10.6 Å². The molecule has 6 nitrogen and oxygen atoms in total. The van der Waals surface area contributed by atoms with Crippen molar-refractivity contribution in [1.82, 2.24) is 14.5 Å². The third-order valence-corrected chi connectivity index (χ3v) is 6.09. The smallest absolute Gasteiger partial charge is 0.244 e. The molecule has 0 atom stereocenters. The van der Waals surface area contributed by atoms with Crippen LogP contribution in [-0.4, -0.2) is 24.8 Å². The Bertz CT molecular complexity index is 860. The molecular weight excluding hydrogens is 362 g/mol. The topological polar surface area (TPSA) is 73.2 Å². The van der Waals surface area contributed by atoms with E-state index in [1.54, 1.807) is 23.9 Å². The van der Waals surface area contributed by atoms with Crippen LogP contribution in [0.3, 0.4) is 0 Å². The van der Waals surface area contributed by atoms with Crippen LogP contribution in [0.2, 0.25) is 5.02 Å². The summed E-state index contributed by atoms with van der Waals surface area (Å²) in [7, 11) is -1.98. The molecule has 25 heavy (non-hydrogen) atoms. The first-order chi connectivity index (χ1) is 11.8. The molecule has 0 radical (unpaired) electrons. The molecule has 0 spiro atoms. The van der Waals surface area contributed by atoms with Gasteiger partial charge in [-0.05, 0) is 49.9 Å². The van der Waals surface area contributed by atoms with E-state index in [4.69, 9.17) is 16.3 Å². The number of ether oxygens (including phenoxy) is 1. The Labute approximate surface area is 153 Å². The Kier molecular flexibility index (Phi) is 5.36. The summed E-state index contributed by atoms with van der Waals surface area (Å²) in [6.07, 6.45) is 3.48. The van der Waals surface area contributed by atoms with E-state index in [0.29, 0.717) is 23.3 Å². The maximum atomic E-state index is 12.7. The van der Waals surface area contributed by atoms with E-state index in [2.05, 4.69) is 9.82 Å². The molecule has 1 aliphatic rings. The van der Waals surface area contributed by atoms with Crippen LogP contribution in [0.1, 0.15) is 30.7 Å². The quantitative estimate of drug-likeness (QED) is 0.797. The SMILES string of the molecule is Cc1cc(CNS(=O)(=O)c2cc(Cl)ccc2OCC2CCC2)n(C)n1. The summed E-state index contributed by atoms with van der Waals surface area (Å²) in [4.78, 5) is 0.0678. The molecule has 1 heterocycles. The highest BCUT2D eigenvalue weighted by molar-refractivity contribution is 7.89. The van der Waals surface area contributed by atoms with Gasteiger partial charge in [0.25, 0.3) is 0 Å². The van der Waals surface area contributed by atoms with E-state index in [1.807, 2.05) is 13.0 Å². The van der Waals surface area contributed by atoms with Crippen molar-refractivity contribution in [3.8, 4) is 5.75 Å². The first-order valence-electron chi connectivity index (χ1n) is 8.27. The Morgan fingerprint density at radius 2 is 2.12 bits per heavy atom. The summed E-state index contributed by atoms with van der Waals surface area (Å²) in [5.74, 6) is 0.849. The lowest BCUT2D eigenvalue weighted by molar-refractivity contribution is 0.177. The fourth-order valence-corrected chi connectivity index (χ4v) is 4.16. The predicted octanol–water partition coefficient (Wildman–Crippen LogP) is 3.04. The molecule has 0 unspecified atom stereocenters. The molecule has 1 N–H and O–H groups in total. The molecule has 1 aliphatic carbocycles. The molecule has 3 rings (SSSR count). The van der Waals surface area contributed by atoms with Gasteiger partial charge < -0.3 is 4.74 Å². The van der Waals surface area contributed by atoms with Gasteiger partial charge in [-0.2, -0.15) is 5.10 Å². The summed E-state index contributed by atoms with van der Waals surface area (Å²) in [6.45, 7) is 2.54. The van der Waals surface area contributed by atoms with Crippen LogP contribution in [-0.2, 0) is 23.6 Å². The molecule has 0 bridgehead atoms. The first-order valence-corrected chi connectivity index (χ1v) is 10.1. The van der Waals surface area contributed by atoms with Gasteiger partial charge in [-0.25, -0.2) is 13.1 Å². The van der Waals surface area contributed by atoms with Gasteiger partial charge in [-0.1, -0.05) is 18.0 Å². The first kappa shape index (κ1) is 18.2. The lowest BCUT2D eigenvalue weighted by Gasteiger charge is -2.25. The Hall–Kier alpha value is -1.57. The number of nitrogens with zero attached hydrogens (tertiary/aromatic N) is 2. The average molecular weight is 384 g/mol. The normalized spacial score (nSPS) is 15.2. The Morgan fingerprint density at radius 1 is 1.36 bits per heavy atom. The second-order valence-electron chi connectivity index (χ2n) is 6.42. The van der Waals surface area contributed by atoms with Crippen molar-refractivity contribution in [2.45, 2.75) is 37.6 Å². The second kappa shape index (κ2) is 7.35. The number of rotatable bonds is 7. The van der Waals surface area contributed by atoms with Gasteiger partial charge in [-0.3, -0.25) is 4.68 Å². The summed E-state index contributed by atoms with van der Waals surface area (Å²) in [6, 6.07) is 6.52. The molecule has 1 aromatic carbocycles. The molecule has 0 aliphatic heterocycles. The molecule has 1 aromatic heterocycles. The van der Waals surface area contributed by atoms with E-state index in [1.165, 1.54) is 12.5 Å². The number of halogens is 1. The van der Waals surface area contributed by atoms with E-state index in [-0.39, 0.29) is 11.4 Å². The second-order valence-corrected chi connectivity index (χ2v) is 8.60. The van der Waals surface area contributed by atoms with E-state index >= 15 is 0 Å². The van der Waals surface area contributed by atoms with Crippen LogP contribution >= 0.6 is 11.6 Å². The third kappa shape index (κ3) is 4.34. The highest BCUT2D eigenvalue weighted by Crippen LogP contribution is 2.31. The summed E-state index contributed by atoms with van der Waals surface area (Å²) in [5, 5.41) is 4.57. The number of benzene rings is 1. The maximum Gasteiger partial charge on any atom is 0.244 e. The monoisotopic (exact) mass is 383 g/mol. The van der Waals surface area contributed by atoms with Crippen molar-refractivity contribution < 1.29 is 13.2 Å². The van der Waals surface area contributed by atoms with Crippen molar-refractivity contribution in [1.29, 1.82) is 0 Å². The molecule has 0 saturated heterocycles. The molecule has 0 amide bonds. The Morgan fingerprint density at radius 3 is 2.72 bits per heavy atom. The van der Waals surface area contributed by atoms with E-state index in [0.717, 1.165) is 24.2 Å². The van der Waals surface area contributed by atoms with Gasteiger partial charge in [0, 0.05) is 12.1 Å². The number of nitrogens with one attached hydrogen (secondary N) is 1. The van der Waals surface area contributed by atoms with Crippen molar-refractivity contribution in [3.05, 3.63) is 40.7 Å². The lowest BCUT2D eigenvalue weighted by atomic mass is 9.86. The van der Waals surface area contributed by atoms with Gasteiger partial charge in [-0.15, -0.1) is 0 Å². The predicted molar refractivity (Wildman–Crippen MR) is 96.3 cm³/mol. The molecule has 2 aromatic rings. The lowest BCUT2D eigenvalue weighted by Crippen LogP contribution is -2.26. The highest BCUT2D eigenvalue weighted by Gasteiger charge is 2.23. The van der Waals surface area contributed by atoms with Crippen LogP contribution in [0.4, 0.5) is 0 Å². The van der Waals surface area contributed by atoms with Crippen molar-refractivity contribution >= 4 is 21.6 Å². The zero-order chi connectivity index (χ0) is 18.0. The largest absolute Gasteiger partial charge is 0.492 e. The number of hydrogen-bond acceptors (Lipinski definition) is 4. The molecule has 1 fully saturated rings. The van der Waals surface area contributed by atoms with Crippen LogP contribution in [0.25, 0.3) is 0 Å². The third-order valence-electron chi connectivity index (χ3n) is 4.44. The summed E-state index contributed by atoms with van der Waals surface area (Å²) in [5.41, 5.74) is 1.61. The Balaban J connectivity index is 1.77. The number of sulfonamides is 1. The van der Waals surface area contributed by atoms with Crippen molar-refractivity contribution in [3.63, 3.8) is 0 Å². The maximum absolute atomic E-state index is 12.7. The van der Waals surface area contributed by atoms with Crippen LogP contribution in [0.15, 0.2) is 29.2 Å². The standard InChI is InChI=1S/C17H22ClN3O3S/c1-12-8-15(21(2)20-12)10-19-25(22,23)17-9-14(18)6-7-16(17)24-11-13-4-3-5-13/h6-9,13,19H,3-5,10-11H2,1-2H3. The molecule has 136 valence electrons. The molecular formula is C17H22ClN3O3S. The minimum absolute atomic E-state index is 0.0678. The summed E-state index contributed by atoms with van der Waals surface area (Å²) < 4.78 is 35.5. The molecule has 1 saturated carbocycles. The summed E-state index contributed by atoms with van der Waals surface area (Å²) >= 11 is 6.01. The van der Waals surface area contributed by atoms with Gasteiger partial charge in [0.15, 0.2) is 0 Å². The fraction of sp³-hybridized carbons (Fsp3) is 0.471. The van der Waals surface area contributed by atoms with Gasteiger partial charge >= 0.3 is 0 Å². The molecule has 8 heteroatoms. The van der Waals surface area contributed by atoms with Crippen LogP contribution in [0, 0.1) is 12.8 Å². The number of hydrogen-bond donors (Lipinski definition) is 1. The highest BCUT2D eigenvalue weighted by atomic mass is 35.5. The zero-order valence-corrected chi connectivity index (χ0v) is 15.9. The van der Waals surface area contributed by atoms with Crippen molar-refractivity contribution in [2.24, 2.45) is 13.0 Å². The van der Waals surface area contributed by atoms with E-state index in [9.17, 15) is 8.42 Å². The zero-order valence-electron chi connectivity index (χ0n) is 14.3. The number of aromatic nitrogens is 2. The minimum atomic E-state index is -3.76. The van der Waals surface area contributed by atoms with Crippen molar-refractivity contribution in [2.75, 3.05) is 6.61 Å². The van der Waals surface area contributed by atoms with Crippen LogP contribution < -0.4 is 9.46 Å². The van der Waals surface area contributed by atoms with Gasteiger partial charge in [0.2, 0.25) is 10.0 Å². The number of aryl methyl sites for hydroxylation is 2. The van der Waals surface area contributed by atoms with Gasteiger partial charge in [0.05, 0.1) is 24.5 Å². The average Bonchev–Trinajstić information content (AvgIpc) is 2.83.